The summed E-state index contributed by atoms with van der Waals surface area (Å²) in [5.74, 6) is 0.553. The van der Waals surface area contributed by atoms with E-state index in [0.717, 1.165) is 16.6 Å². The van der Waals surface area contributed by atoms with Gasteiger partial charge in [0, 0.05) is 42.1 Å². The monoisotopic (exact) mass is 493 g/mol. The van der Waals surface area contributed by atoms with Crippen molar-refractivity contribution < 1.29 is 14.3 Å². The maximum atomic E-state index is 12.5. The fraction of sp³-hybridized carbons (Fsp3) is 0.364. The van der Waals surface area contributed by atoms with E-state index >= 15 is 0 Å². The molecule has 0 saturated carbocycles. The van der Waals surface area contributed by atoms with Gasteiger partial charge in [0.1, 0.15) is 5.75 Å². The number of anilines is 2. The number of rotatable bonds is 7. The van der Waals surface area contributed by atoms with Crippen molar-refractivity contribution in [1.82, 2.24) is 4.90 Å². The van der Waals surface area contributed by atoms with Gasteiger partial charge in [0.15, 0.2) is 6.61 Å². The van der Waals surface area contributed by atoms with Crippen molar-refractivity contribution in [2.45, 2.75) is 19.8 Å². The molecule has 0 bridgehead atoms. The van der Waals surface area contributed by atoms with E-state index in [9.17, 15) is 9.59 Å². The van der Waals surface area contributed by atoms with E-state index in [0.29, 0.717) is 49.1 Å². The Bertz CT molecular complexity index is 884. The number of piperazine rings is 1. The summed E-state index contributed by atoms with van der Waals surface area (Å²) in [5.41, 5.74) is 1.53. The molecule has 1 heterocycles. The van der Waals surface area contributed by atoms with Gasteiger partial charge in [-0.05, 0) is 48.9 Å². The summed E-state index contributed by atoms with van der Waals surface area (Å²) in [6, 6.07) is 12.7. The van der Waals surface area contributed by atoms with Crippen LogP contribution in [-0.4, -0.2) is 49.5 Å². The average molecular weight is 495 g/mol. The number of benzene rings is 2. The first-order valence-corrected chi connectivity index (χ1v) is 11.1. The summed E-state index contributed by atoms with van der Waals surface area (Å²) >= 11 is 9.54. The Morgan fingerprint density at radius 1 is 1.10 bits per heavy atom. The van der Waals surface area contributed by atoms with E-state index in [1.54, 1.807) is 24.3 Å². The van der Waals surface area contributed by atoms with Crippen molar-refractivity contribution in [3.63, 3.8) is 0 Å². The largest absolute Gasteiger partial charge is 0.484 e. The van der Waals surface area contributed by atoms with Gasteiger partial charge in [-0.25, -0.2) is 0 Å². The number of ether oxygens (including phenoxy) is 1. The molecule has 2 aromatic carbocycles. The maximum absolute atomic E-state index is 12.5. The summed E-state index contributed by atoms with van der Waals surface area (Å²) in [4.78, 5) is 28.6. The minimum atomic E-state index is -0.266. The van der Waals surface area contributed by atoms with Crippen molar-refractivity contribution in [1.29, 1.82) is 0 Å². The first-order chi connectivity index (χ1) is 14.5. The van der Waals surface area contributed by atoms with E-state index in [1.165, 1.54) is 0 Å². The number of halogens is 2. The van der Waals surface area contributed by atoms with Gasteiger partial charge < -0.3 is 19.9 Å². The number of carbonyl (C=O) groups is 2. The summed E-state index contributed by atoms with van der Waals surface area (Å²) in [7, 11) is 0. The summed E-state index contributed by atoms with van der Waals surface area (Å²) in [6.45, 7) is 4.65. The zero-order valence-corrected chi connectivity index (χ0v) is 19.2. The lowest BCUT2D eigenvalue weighted by Gasteiger charge is -2.37. The van der Waals surface area contributed by atoms with E-state index in [1.807, 2.05) is 30.0 Å². The molecule has 0 radical (unpaired) electrons. The van der Waals surface area contributed by atoms with Crippen LogP contribution in [0.1, 0.15) is 19.8 Å². The molecule has 0 aromatic heterocycles. The predicted octanol–water partition coefficient (Wildman–Crippen LogP) is 4.57. The maximum Gasteiger partial charge on any atom is 0.262 e. The van der Waals surface area contributed by atoms with Gasteiger partial charge in [0.25, 0.3) is 5.91 Å². The minimum absolute atomic E-state index is 0.104. The molecule has 160 valence electrons. The van der Waals surface area contributed by atoms with E-state index < -0.39 is 0 Å². The fourth-order valence-electron chi connectivity index (χ4n) is 3.32. The number of hydrogen-bond donors (Lipinski definition) is 1. The lowest BCUT2D eigenvalue weighted by molar-refractivity contribution is -0.131. The molecular weight excluding hydrogens is 470 g/mol. The third-order valence-electron chi connectivity index (χ3n) is 4.85. The molecule has 1 N–H and O–H groups in total. The van der Waals surface area contributed by atoms with Crippen molar-refractivity contribution in [3.05, 3.63) is 52.0 Å². The normalized spacial score (nSPS) is 13.8. The third kappa shape index (κ3) is 6.12. The Morgan fingerprint density at radius 3 is 2.47 bits per heavy atom. The van der Waals surface area contributed by atoms with Crippen molar-refractivity contribution in [2.75, 3.05) is 43.0 Å². The van der Waals surface area contributed by atoms with Crippen LogP contribution < -0.4 is 15.0 Å². The van der Waals surface area contributed by atoms with Crippen molar-refractivity contribution in [3.8, 4) is 5.75 Å². The minimum Gasteiger partial charge on any atom is -0.484 e. The molecule has 2 aromatic rings. The Labute approximate surface area is 190 Å². The fourth-order valence-corrected chi connectivity index (χ4v) is 3.76. The highest BCUT2D eigenvalue weighted by molar-refractivity contribution is 9.10. The quantitative estimate of drug-likeness (QED) is 0.612. The average Bonchev–Trinajstić information content (AvgIpc) is 2.74. The molecule has 1 aliphatic heterocycles. The van der Waals surface area contributed by atoms with Crippen LogP contribution in [0.25, 0.3) is 0 Å². The van der Waals surface area contributed by atoms with Gasteiger partial charge >= 0.3 is 0 Å². The molecule has 2 amide bonds. The first kappa shape index (κ1) is 22.4. The van der Waals surface area contributed by atoms with Crippen molar-refractivity contribution in [2.24, 2.45) is 0 Å². The van der Waals surface area contributed by atoms with E-state index in [2.05, 4.69) is 26.1 Å². The lowest BCUT2D eigenvalue weighted by Crippen LogP contribution is -2.49. The van der Waals surface area contributed by atoms with Crippen LogP contribution in [-0.2, 0) is 9.59 Å². The van der Waals surface area contributed by atoms with E-state index in [-0.39, 0.29) is 18.4 Å². The Hall–Kier alpha value is -2.25. The molecule has 1 fully saturated rings. The molecular formula is C22H25BrClN3O3. The standard InChI is InChI=1S/C22H25BrClN3O3/c1-2-3-22(29)27-12-10-26(11-13-27)20-9-6-17(24)14-19(20)25-21(28)15-30-18-7-4-16(23)5-8-18/h4-9,14H,2-3,10-13,15H2,1H3,(H,25,28). The SMILES string of the molecule is CCCC(=O)N1CCN(c2ccc(Cl)cc2NC(=O)COc2ccc(Br)cc2)CC1. The van der Waals surface area contributed by atoms with Crippen LogP contribution in [0.2, 0.25) is 5.02 Å². The summed E-state index contributed by atoms with van der Waals surface area (Å²) < 4.78 is 6.49. The second-order valence-corrected chi connectivity index (χ2v) is 8.42. The van der Waals surface area contributed by atoms with Crippen LogP contribution in [0.3, 0.4) is 0 Å². The number of nitrogens with zero attached hydrogens (tertiary/aromatic N) is 2. The van der Waals surface area contributed by atoms with Crippen molar-refractivity contribution >= 4 is 50.7 Å². The molecule has 0 unspecified atom stereocenters. The van der Waals surface area contributed by atoms with E-state index in [4.69, 9.17) is 16.3 Å². The highest BCUT2D eigenvalue weighted by Gasteiger charge is 2.22. The first-order valence-electron chi connectivity index (χ1n) is 9.96. The molecule has 6 nitrogen and oxygen atoms in total. The predicted molar refractivity (Wildman–Crippen MR) is 123 cm³/mol. The number of hydrogen-bond acceptors (Lipinski definition) is 4. The van der Waals surface area contributed by atoms with Crippen LogP contribution in [0, 0.1) is 0 Å². The van der Waals surface area contributed by atoms with Crippen LogP contribution in [0.15, 0.2) is 46.9 Å². The molecule has 0 spiro atoms. The number of carbonyl (C=O) groups excluding carboxylic acids is 2. The van der Waals surface area contributed by atoms with Crippen LogP contribution >= 0.6 is 27.5 Å². The Morgan fingerprint density at radius 2 is 1.80 bits per heavy atom. The van der Waals surface area contributed by atoms with Gasteiger partial charge in [-0.3, -0.25) is 9.59 Å². The molecule has 1 saturated heterocycles. The van der Waals surface area contributed by atoms with Crippen LogP contribution in [0.4, 0.5) is 11.4 Å². The summed E-state index contributed by atoms with van der Waals surface area (Å²) in [6.07, 6.45) is 1.44. The topological polar surface area (TPSA) is 61.9 Å². The van der Waals surface area contributed by atoms with Gasteiger partial charge in [-0.1, -0.05) is 34.5 Å². The molecule has 0 aliphatic carbocycles. The molecule has 30 heavy (non-hydrogen) atoms. The zero-order chi connectivity index (χ0) is 21.5. The third-order valence-corrected chi connectivity index (χ3v) is 5.62. The smallest absolute Gasteiger partial charge is 0.262 e. The van der Waals surface area contributed by atoms with Gasteiger partial charge in [0.2, 0.25) is 5.91 Å². The highest BCUT2D eigenvalue weighted by atomic mass is 79.9. The molecule has 1 aliphatic rings. The van der Waals surface area contributed by atoms with Gasteiger partial charge in [-0.15, -0.1) is 0 Å². The second-order valence-electron chi connectivity index (χ2n) is 7.07. The Balaban J connectivity index is 1.61. The number of amides is 2. The highest BCUT2D eigenvalue weighted by Crippen LogP contribution is 2.30. The van der Waals surface area contributed by atoms with Crippen LogP contribution in [0.5, 0.6) is 5.75 Å². The second kappa shape index (κ2) is 10.7. The van der Waals surface area contributed by atoms with Gasteiger partial charge in [0.05, 0.1) is 11.4 Å². The van der Waals surface area contributed by atoms with Gasteiger partial charge in [-0.2, -0.15) is 0 Å². The molecule has 8 heteroatoms. The number of nitrogens with one attached hydrogen (secondary N) is 1. The lowest BCUT2D eigenvalue weighted by atomic mass is 10.2. The summed E-state index contributed by atoms with van der Waals surface area (Å²) in [5, 5.41) is 3.45. The Kier molecular flexibility index (Phi) is 7.99. The molecule has 0 atom stereocenters. The zero-order valence-electron chi connectivity index (χ0n) is 16.9. The molecule has 3 rings (SSSR count).